The Bertz CT molecular complexity index is 744. The minimum absolute atomic E-state index is 0.291. The van der Waals surface area contributed by atoms with Crippen molar-refractivity contribution in [2.75, 3.05) is 13.6 Å². The summed E-state index contributed by atoms with van der Waals surface area (Å²) in [6, 6.07) is 6.51. The van der Waals surface area contributed by atoms with E-state index in [1.54, 1.807) is 0 Å². The van der Waals surface area contributed by atoms with Gasteiger partial charge in [0, 0.05) is 29.7 Å². The highest BCUT2D eigenvalue weighted by Crippen LogP contribution is 2.40. The van der Waals surface area contributed by atoms with Crippen LogP contribution in [0.5, 0.6) is 0 Å². The number of benzene rings is 1. The smallest absolute Gasteiger partial charge is 0.311 e. The molecule has 2 heterocycles. The number of H-pyrrole nitrogens is 1. The summed E-state index contributed by atoms with van der Waals surface area (Å²) < 4.78 is 0. The van der Waals surface area contributed by atoms with Crippen LogP contribution in [0.25, 0.3) is 16.5 Å². The van der Waals surface area contributed by atoms with Gasteiger partial charge < -0.3 is 10.1 Å². The Morgan fingerprint density at radius 1 is 1.45 bits per heavy atom. The summed E-state index contributed by atoms with van der Waals surface area (Å²) in [6.07, 6.45) is 4.99. The first kappa shape index (κ1) is 11.7. The molecule has 2 N–H and O–H groups in total. The lowest BCUT2D eigenvalue weighted by molar-refractivity contribution is -0.140. The molecule has 1 aromatic heterocycles. The molecule has 2 aromatic rings. The zero-order chi connectivity index (χ0) is 13.9. The topological polar surface area (TPSA) is 56.3 Å². The number of hydrogen-bond donors (Lipinski definition) is 2. The van der Waals surface area contributed by atoms with E-state index in [0.717, 1.165) is 11.9 Å². The van der Waals surface area contributed by atoms with Crippen molar-refractivity contribution in [1.29, 1.82) is 0 Å². The molecule has 2 aliphatic rings. The van der Waals surface area contributed by atoms with E-state index in [0.29, 0.717) is 12.6 Å². The van der Waals surface area contributed by atoms with Crippen LogP contribution in [0, 0.1) is 5.92 Å². The minimum atomic E-state index is -0.741. The molecule has 0 bridgehead atoms. The predicted molar refractivity (Wildman–Crippen MR) is 77.5 cm³/mol. The first-order valence-electron chi connectivity index (χ1n) is 6.89. The van der Waals surface area contributed by atoms with Gasteiger partial charge in [0.2, 0.25) is 0 Å². The third kappa shape index (κ3) is 1.48. The molecule has 4 heteroatoms. The minimum Gasteiger partial charge on any atom is -0.481 e. The average molecular weight is 268 g/mol. The number of aromatic amines is 1. The van der Waals surface area contributed by atoms with Crippen LogP contribution in [0.1, 0.15) is 11.1 Å². The van der Waals surface area contributed by atoms with E-state index < -0.39 is 11.9 Å². The fourth-order valence-electron chi connectivity index (χ4n) is 3.61. The van der Waals surface area contributed by atoms with Gasteiger partial charge in [0.25, 0.3) is 0 Å². The molecule has 20 heavy (non-hydrogen) atoms. The maximum absolute atomic E-state index is 11.3. The number of carboxylic acid groups (broad SMARTS) is 1. The highest BCUT2D eigenvalue weighted by atomic mass is 16.4. The van der Waals surface area contributed by atoms with E-state index in [-0.39, 0.29) is 0 Å². The monoisotopic (exact) mass is 268 g/mol. The Morgan fingerprint density at radius 2 is 2.30 bits per heavy atom. The van der Waals surface area contributed by atoms with E-state index in [1.165, 1.54) is 22.1 Å². The van der Waals surface area contributed by atoms with E-state index in [4.69, 9.17) is 0 Å². The van der Waals surface area contributed by atoms with Gasteiger partial charge in [0.05, 0.1) is 5.92 Å². The number of rotatable bonds is 1. The molecule has 2 unspecified atom stereocenters. The van der Waals surface area contributed by atoms with Crippen LogP contribution in [-0.4, -0.2) is 40.6 Å². The standard InChI is InChI=1S/C16H16N2O2/c1-18-8-10(16(19)20)5-12-11-3-2-4-13-15(11)9(7-17-13)6-14(12)18/h2-5,7,10,14,17H,6,8H2,1H3,(H,19,20). The van der Waals surface area contributed by atoms with E-state index in [1.807, 2.05) is 19.2 Å². The van der Waals surface area contributed by atoms with Crippen molar-refractivity contribution in [1.82, 2.24) is 9.88 Å². The molecule has 0 spiro atoms. The Labute approximate surface area is 116 Å². The van der Waals surface area contributed by atoms with Crippen LogP contribution in [0.2, 0.25) is 0 Å². The highest BCUT2D eigenvalue weighted by molar-refractivity contribution is 5.99. The summed E-state index contributed by atoms with van der Waals surface area (Å²) in [6.45, 7) is 0.583. The fourth-order valence-corrected chi connectivity index (χ4v) is 3.61. The molecule has 2 atom stereocenters. The largest absolute Gasteiger partial charge is 0.481 e. The first-order chi connectivity index (χ1) is 9.65. The second-order valence-electron chi connectivity index (χ2n) is 5.77. The number of carbonyl (C=O) groups is 1. The SMILES string of the molecule is CN1CC(C(=O)O)C=C2c3cccc4[nH]cc(c34)CC21. The van der Waals surface area contributed by atoms with Crippen molar-refractivity contribution in [2.24, 2.45) is 5.92 Å². The lowest BCUT2D eigenvalue weighted by atomic mass is 9.80. The van der Waals surface area contributed by atoms with Gasteiger partial charge in [0.1, 0.15) is 0 Å². The predicted octanol–water partition coefficient (Wildman–Crippen LogP) is 2.12. The molecular weight excluding hydrogens is 252 g/mol. The van der Waals surface area contributed by atoms with E-state index in [2.05, 4.69) is 28.2 Å². The molecule has 0 radical (unpaired) electrons. The number of hydrogen-bond acceptors (Lipinski definition) is 2. The zero-order valence-electron chi connectivity index (χ0n) is 11.3. The van der Waals surface area contributed by atoms with Gasteiger partial charge in [-0.25, -0.2) is 0 Å². The summed E-state index contributed by atoms with van der Waals surface area (Å²) in [4.78, 5) is 16.8. The number of aromatic nitrogens is 1. The number of fused-ring (bicyclic) bond motifs is 2. The second kappa shape index (κ2) is 3.96. The molecular formula is C16H16N2O2. The number of nitrogens with zero attached hydrogens (tertiary/aromatic N) is 1. The van der Waals surface area contributed by atoms with Gasteiger partial charge >= 0.3 is 5.97 Å². The molecule has 1 aliphatic heterocycles. The van der Waals surface area contributed by atoms with Crippen molar-refractivity contribution in [3.63, 3.8) is 0 Å². The Balaban J connectivity index is 1.96. The quantitative estimate of drug-likeness (QED) is 0.833. The van der Waals surface area contributed by atoms with Crippen LogP contribution < -0.4 is 0 Å². The van der Waals surface area contributed by atoms with Crippen molar-refractivity contribution in [3.05, 3.63) is 41.6 Å². The van der Waals surface area contributed by atoms with Crippen molar-refractivity contribution in [3.8, 4) is 0 Å². The Kier molecular flexibility index (Phi) is 2.32. The molecule has 4 rings (SSSR count). The van der Waals surface area contributed by atoms with Gasteiger partial charge in [-0.1, -0.05) is 18.2 Å². The van der Waals surface area contributed by atoms with Gasteiger partial charge in [-0.3, -0.25) is 9.69 Å². The fraction of sp³-hybridized carbons (Fsp3) is 0.312. The Hall–Kier alpha value is -2.07. The van der Waals surface area contributed by atoms with Crippen LogP contribution >= 0.6 is 0 Å². The maximum Gasteiger partial charge on any atom is 0.311 e. The molecule has 0 amide bonds. The average Bonchev–Trinajstić information content (AvgIpc) is 2.84. The van der Waals surface area contributed by atoms with Gasteiger partial charge in [-0.15, -0.1) is 0 Å². The molecule has 1 aromatic carbocycles. The number of likely N-dealkylation sites (N-methyl/N-ethyl adjacent to an activating group) is 1. The molecule has 102 valence electrons. The summed E-state index contributed by atoms with van der Waals surface area (Å²) >= 11 is 0. The second-order valence-corrected chi connectivity index (χ2v) is 5.77. The highest BCUT2D eigenvalue weighted by Gasteiger charge is 2.35. The number of carboxylic acids is 1. The van der Waals surface area contributed by atoms with Crippen molar-refractivity contribution in [2.45, 2.75) is 12.5 Å². The molecule has 0 saturated carbocycles. The van der Waals surface area contributed by atoms with Crippen molar-refractivity contribution < 1.29 is 9.90 Å². The number of aliphatic carboxylic acids is 1. The maximum atomic E-state index is 11.3. The van der Waals surface area contributed by atoms with Gasteiger partial charge in [0.15, 0.2) is 0 Å². The lowest BCUT2D eigenvalue weighted by Crippen LogP contribution is -2.44. The molecule has 1 aliphatic carbocycles. The van der Waals surface area contributed by atoms with Crippen molar-refractivity contribution >= 4 is 22.4 Å². The van der Waals surface area contributed by atoms with Crippen LogP contribution in [0.15, 0.2) is 30.5 Å². The van der Waals surface area contributed by atoms with Gasteiger partial charge in [-0.05, 0) is 36.2 Å². The van der Waals surface area contributed by atoms with E-state index >= 15 is 0 Å². The third-order valence-electron chi connectivity index (χ3n) is 4.59. The normalized spacial score (nSPS) is 25.4. The zero-order valence-corrected chi connectivity index (χ0v) is 11.3. The summed E-state index contributed by atoms with van der Waals surface area (Å²) in [7, 11) is 2.02. The molecule has 0 fully saturated rings. The Morgan fingerprint density at radius 3 is 3.10 bits per heavy atom. The molecule has 0 saturated heterocycles. The molecule has 4 nitrogen and oxygen atoms in total. The van der Waals surface area contributed by atoms with Crippen LogP contribution in [0.3, 0.4) is 0 Å². The lowest BCUT2D eigenvalue weighted by Gasteiger charge is -2.38. The first-order valence-corrected chi connectivity index (χ1v) is 6.89. The van der Waals surface area contributed by atoms with E-state index in [9.17, 15) is 9.90 Å². The number of nitrogens with one attached hydrogen (secondary N) is 1. The van der Waals surface area contributed by atoms with Gasteiger partial charge in [-0.2, -0.15) is 0 Å². The summed E-state index contributed by atoms with van der Waals surface area (Å²) in [5.41, 5.74) is 4.83. The summed E-state index contributed by atoms with van der Waals surface area (Å²) in [5.74, 6) is -1.16. The van der Waals surface area contributed by atoms with Crippen LogP contribution in [0.4, 0.5) is 0 Å². The summed E-state index contributed by atoms with van der Waals surface area (Å²) in [5, 5.41) is 10.6. The third-order valence-corrected chi connectivity index (χ3v) is 4.59. The van der Waals surface area contributed by atoms with Crippen LogP contribution in [-0.2, 0) is 11.2 Å².